The van der Waals surface area contributed by atoms with Crippen molar-refractivity contribution in [1.82, 2.24) is 0 Å². The van der Waals surface area contributed by atoms with Gasteiger partial charge in [0, 0.05) is 5.56 Å². The van der Waals surface area contributed by atoms with Crippen LogP contribution in [0.5, 0.6) is 0 Å². The lowest BCUT2D eigenvalue weighted by molar-refractivity contribution is -0.264. The maximum absolute atomic E-state index is 5.81. The zero-order chi connectivity index (χ0) is 13.1. The zero-order valence-electron chi connectivity index (χ0n) is 11.9. The second-order valence-corrected chi connectivity index (χ2v) is 5.95. The average Bonchev–Trinajstić information content (AvgIpc) is 2.49. The van der Waals surface area contributed by atoms with Crippen molar-refractivity contribution in [3.63, 3.8) is 0 Å². The third-order valence-electron chi connectivity index (χ3n) is 4.56. The van der Waals surface area contributed by atoms with Crippen LogP contribution in [-0.4, -0.2) is 13.2 Å². The van der Waals surface area contributed by atoms with Gasteiger partial charge in [0.2, 0.25) is 0 Å². The maximum atomic E-state index is 5.81. The first-order valence-corrected chi connectivity index (χ1v) is 7.66. The molecule has 0 bridgehead atoms. The second kappa shape index (κ2) is 5.64. The van der Waals surface area contributed by atoms with Gasteiger partial charge in [0.1, 0.15) is 0 Å². The summed E-state index contributed by atoms with van der Waals surface area (Å²) in [7, 11) is 0. The molecule has 0 spiro atoms. The van der Waals surface area contributed by atoms with E-state index in [4.69, 9.17) is 9.47 Å². The van der Waals surface area contributed by atoms with Gasteiger partial charge < -0.3 is 9.47 Å². The summed E-state index contributed by atoms with van der Waals surface area (Å²) in [5.74, 6) is 0.229. The van der Waals surface area contributed by atoms with Crippen LogP contribution in [0.3, 0.4) is 0 Å². The highest BCUT2D eigenvalue weighted by Crippen LogP contribution is 2.35. The van der Waals surface area contributed by atoms with Gasteiger partial charge in [0.05, 0.1) is 13.2 Å². The summed E-state index contributed by atoms with van der Waals surface area (Å²) < 4.78 is 11.6. The molecule has 104 valence electrons. The molecule has 2 heteroatoms. The van der Waals surface area contributed by atoms with Crippen LogP contribution < -0.4 is 0 Å². The van der Waals surface area contributed by atoms with E-state index in [1.165, 1.54) is 37.7 Å². The first kappa shape index (κ1) is 13.1. The van der Waals surface area contributed by atoms with Crippen LogP contribution in [0.15, 0.2) is 24.3 Å². The second-order valence-electron chi connectivity index (χ2n) is 5.95. The number of hydrogen-bond donors (Lipinski definition) is 0. The fourth-order valence-corrected chi connectivity index (χ4v) is 3.30. The fraction of sp³-hybridized carbons (Fsp3) is 0.647. The van der Waals surface area contributed by atoms with E-state index in [0.717, 1.165) is 31.1 Å². The first-order valence-electron chi connectivity index (χ1n) is 7.66. The number of hydrogen-bond acceptors (Lipinski definition) is 2. The molecule has 0 amide bonds. The summed E-state index contributed by atoms with van der Waals surface area (Å²) in [5.41, 5.74) is 2.63. The van der Waals surface area contributed by atoms with E-state index in [0.29, 0.717) is 0 Å². The van der Waals surface area contributed by atoms with Gasteiger partial charge in [-0.2, -0.15) is 0 Å². The van der Waals surface area contributed by atoms with Gasteiger partial charge >= 0.3 is 0 Å². The Morgan fingerprint density at radius 3 is 2.16 bits per heavy atom. The largest absolute Gasteiger partial charge is 0.346 e. The van der Waals surface area contributed by atoms with Crippen LogP contribution >= 0.6 is 0 Å². The monoisotopic (exact) mass is 260 g/mol. The highest BCUT2D eigenvalue weighted by atomic mass is 16.7. The standard InChI is InChI=1S/C17H24O2/c1-17(18-12-5-13-19-17)16-10-8-15(9-11-16)14-6-3-2-4-7-14/h8-11,14H,2-7,12-13H2,1H3. The Morgan fingerprint density at radius 1 is 0.895 bits per heavy atom. The van der Waals surface area contributed by atoms with Gasteiger partial charge in [-0.25, -0.2) is 0 Å². The molecule has 19 heavy (non-hydrogen) atoms. The zero-order valence-corrected chi connectivity index (χ0v) is 11.9. The molecule has 0 N–H and O–H groups in total. The summed E-state index contributed by atoms with van der Waals surface area (Å²) in [6.45, 7) is 3.61. The number of benzene rings is 1. The molecule has 0 atom stereocenters. The van der Waals surface area contributed by atoms with Crippen LogP contribution in [0.4, 0.5) is 0 Å². The minimum Gasteiger partial charge on any atom is -0.346 e. The van der Waals surface area contributed by atoms with Crippen molar-refractivity contribution in [2.24, 2.45) is 0 Å². The molecule has 3 rings (SSSR count). The molecule has 2 aliphatic rings. The Morgan fingerprint density at radius 2 is 1.53 bits per heavy atom. The lowest BCUT2D eigenvalue weighted by Crippen LogP contribution is -2.34. The van der Waals surface area contributed by atoms with E-state index in [2.05, 4.69) is 24.3 Å². The normalized spacial score (nSPS) is 24.3. The van der Waals surface area contributed by atoms with Gasteiger partial charge in [0.25, 0.3) is 0 Å². The van der Waals surface area contributed by atoms with Crippen LogP contribution in [0.2, 0.25) is 0 Å². The van der Waals surface area contributed by atoms with Crippen LogP contribution in [-0.2, 0) is 15.3 Å². The third-order valence-corrected chi connectivity index (χ3v) is 4.56. The van der Waals surface area contributed by atoms with Crippen molar-refractivity contribution in [3.8, 4) is 0 Å². The summed E-state index contributed by atoms with van der Waals surface area (Å²) in [6.07, 6.45) is 7.88. The third kappa shape index (κ3) is 2.85. The highest BCUT2D eigenvalue weighted by Gasteiger charge is 2.31. The molecule has 2 nitrogen and oxygen atoms in total. The molecule has 1 aromatic carbocycles. The van der Waals surface area contributed by atoms with Crippen molar-refractivity contribution in [2.45, 2.75) is 57.2 Å². The van der Waals surface area contributed by atoms with E-state index >= 15 is 0 Å². The van der Waals surface area contributed by atoms with Crippen molar-refractivity contribution in [1.29, 1.82) is 0 Å². The average molecular weight is 260 g/mol. The predicted molar refractivity (Wildman–Crippen MR) is 76.1 cm³/mol. The minimum absolute atomic E-state index is 0.538. The van der Waals surface area contributed by atoms with E-state index < -0.39 is 5.79 Å². The molecule has 1 aliphatic heterocycles. The molecular weight excluding hydrogens is 236 g/mol. The summed E-state index contributed by atoms with van der Waals surface area (Å²) in [4.78, 5) is 0. The quantitative estimate of drug-likeness (QED) is 0.787. The Balaban J connectivity index is 1.74. The Hall–Kier alpha value is -0.860. The summed E-state index contributed by atoms with van der Waals surface area (Å²) >= 11 is 0. The number of rotatable bonds is 2. The minimum atomic E-state index is -0.538. The van der Waals surface area contributed by atoms with Gasteiger partial charge in [-0.05, 0) is 37.7 Å². The first-order chi connectivity index (χ1) is 9.28. The van der Waals surface area contributed by atoms with Crippen LogP contribution in [0.1, 0.15) is 62.5 Å². The Kier molecular flexibility index (Phi) is 3.90. The molecule has 1 aliphatic carbocycles. The molecule has 1 heterocycles. The van der Waals surface area contributed by atoms with Crippen LogP contribution in [0.25, 0.3) is 0 Å². The Bertz CT molecular complexity index is 398. The Labute approximate surface area is 116 Å². The van der Waals surface area contributed by atoms with Crippen LogP contribution in [0, 0.1) is 0 Å². The van der Waals surface area contributed by atoms with Crippen molar-refractivity contribution < 1.29 is 9.47 Å². The predicted octanol–water partition coefficient (Wildman–Crippen LogP) is 4.34. The molecule has 2 fully saturated rings. The molecule has 0 aromatic heterocycles. The molecule has 0 radical (unpaired) electrons. The van der Waals surface area contributed by atoms with Crippen molar-refractivity contribution >= 4 is 0 Å². The van der Waals surface area contributed by atoms with E-state index in [1.807, 2.05) is 6.92 Å². The smallest absolute Gasteiger partial charge is 0.191 e. The van der Waals surface area contributed by atoms with E-state index in [9.17, 15) is 0 Å². The molecule has 1 aromatic rings. The maximum Gasteiger partial charge on any atom is 0.191 e. The van der Waals surface area contributed by atoms with E-state index in [1.54, 1.807) is 0 Å². The lowest BCUT2D eigenvalue weighted by atomic mass is 9.83. The molecule has 0 unspecified atom stereocenters. The van der Waals surface area contributed by atoms with Crippen molar-refractivity contribution in [3.05, 3.63) is 35.4 Å². The lowest BCUT2D eigenvalue weighted by Gasteiger charge is -2.34. The SMILES string of the molecule is CC1(c2ccc(C3CCCCC3)cc2)OCCCO1. The van der Waals surface area contributed by atoms with E-state index in [-0.39, 0.29) is 0 Å². The summed E-state index contributed by atoms with van der Waals surface area (Å²) in [5, 5.41) is 0. The van der Waals surface area contributed by atoms with Gasteiger partial charge in [0.15, 0.2) is 5.79 Å². The van der Waals surface area contributed by atoms with Gasteiger partial charge in [-0.3, -0.25) is 0 Å². The fourth-order valence-electron chi connectivity index (χ4n) is 3.30. The van der Waals surface area contributed by atoms with Gasteiger partial charge in [-0.1, -0.05) is 43.5 Å². The topological polar surface area (TPSA) is 18.5 Å². The van der Waals surface area contributed by atoms with Crippen molar-refractivity contribution in [2.75, 3.05) is 13.2 Å². The number of ether oxygens (including phenoxy) is 2. The summed E-state index contributed by atoms with van der Waals surface area (Å²) in [6, 6.07) is 8.93. The van der Waals surface area contributed by atoms with Gasteiger partial charge in [-0.15, -0.1) is 0 Å². The highest BCUT2D eigenvalue weighted by molar-refractivity contribution is 5.28. The molecular formula is C17H24O2. The molecule has 1 saturated heterocycles. The molecule has 1 saturated carbocycles.